The van der Waals surface area contributed by atoms with Gasteiger partial charge in [-0.1, -0.05) is 0 Å². The molecule has 1 aromatic rings. The van der Waals surface area contributed by atoms with Crippen LogP contribution in [0.5, 0.6) is 5.75 Å². The van der Waals surface area contributed by atoms with E-state index in [9.17, 15) is 0 Å². The molecular weight excluding hydrogens is 194 g/mol. The van der Waals surface area contributed by atoms with Crippen LogP contribution in [0.3, 0.4) is 0 Å². The molecule has 1 aromatic carbocycles. The van der Waals surface area contributed by atoms with E-state index in [1.165, 1.54) is 0 Å². The van der Waals surface area contributed by atoms with Crippen molar-refractivity contribution in [1.29, 1.82) is 0 Å². The van der Waals surface area contributed by atoms with Gasteiger partial charge in [-0.15, -0.1) is 0 Å². The van der Waals surface area contributed by atoms with E-state index in [0.29, 0.717) is 0 Å². The number of halogens is 1. The Kier molecular flexibility index (Phi) is 2.17. The van der Waals surface area contributed by atoms with Crippen LogP contribution >= 0.6 is 15.9 Å². The van der Waals surface area contributed by atoms with Gasteiger partial charge in [-0.3, -0.25) is 0 Å². The Balaban J connectivity index is 3.09. The van der Waals surface area contributed by atoms with E-state index >= 15 is 0 Å². The molecule has 10 heavy (non-hydrogen) atoms. The van der Waals surface area contributed by atoms with Gasteiger partial charge in [-0.05, 0) is 28.1 Å². The standard InChI is InChI=1S/C7H8BrNO/c1-9-7-4-5(10)2-3-6(7)8/h2-4,9-10H,1H3. The number of phenols is 1. The smallest absolute Gasteiger partial charge is 0.117 e. The molecule has 0 aromatic heterocycles. The molecule has 0 saturated heterocycles. The maximum absolute atomic E-state index is 9.01. The lowest BCUT2D eigenvalue weighted by Gasteiger charge is -2.02. The molecule has 54 valence electrons. The van der Waals surface area contributed by atoms with Crippen LogP contribution in [-0.4, -0.2) is 12.2 Å². The first-order chi connectivity index (χ1) is 4.74. The zero-order valence-corrected chi connectivity index (χ0v) is 7.14. The Morgan fingerprint density at radius 2 is 2.20 bits per heavy atom. The highest BCUT2D eigenvalue weighted by molar-refractivity contribution is 9.10. The van der Waals surface area contributed by atoms with Gasteiger partial charge in [0.2, 0.25) is 0 Å². The Morgan fingerprint density at radius 1 is 1.50 bits per heavy atom. The van der Waals surface area contributed by atoms with Crippen molar-refractivity contribution in [3.8, 4) is 5.75 Å². The summed E-state index contributed by atoms with van der Waals surface area (Å²) in [5, 5.41) is 11.9. The average Bonchev–Trinajstić information content (AvgIpc) is 1.94. The Bertz CT molecular complexity index is 237. The first-order valence-corrected chi connectivity index (χ1v) is 3.69. The summed E-state index contributed by atoms with van der Waals surface area (Å²) < 4.78 is 0.952. The largest absolute Gasteiger partial charge is 0.508 e. The highest BCUT2D eigenvalue weighted by atomic mass is 79.9. The molecule has 0 fully saturated rings. The lowest BCUT2D eigenvalue weighted by molar-refractivity contribution is 0.475. The fourth-order valence-corrected chi connectivity index (χ4v) is 1.15. The fourth-order valence-electron chi connectivity index (χ4n) is 0.705. The van der Waals surface area contributed by atoms with E-state index in [1.807, 2.05) is 0 Å². The second-order valence-corrected chi connectivity index (χ2v) is 2.77. The van der Waals surface area contributed by atoms with Crippen LogP contribution in [0, 0.1) is 0 Å². The van der Waals surface area contributed by atoms with Crippen molar-refractivity contribution in [2.75, 3.05) is 12.4 Å². The second kappa shape index (κ2) is 2.92. The molecule has 0 radical (unpaired) electrons. The monoisotopic (exact) mass is 201 g/mol. The minimum absolute atomic E-state index is 0.271. The number of anilines is 1. The molecular formula is C7H8BrNO. The maximum Gasteiger partial charge on any atom is 0.117 e. The first kappa shape index (κ1) is 7.41. The van der Waals surface area contributed by atoms with Gasteiger partial charge >= 0.3 is 0 Å². The third-order valence-corrected chi connectivity index (χ3v) is 1.91. The van der Waals surface area contributed by atoms with Crippen LogP contribution in [0.2, 0.25) is 0 Å². The fraction of sp³-hybridized carbons (Fsp3) is 0.143. The van der Waals surface area contributed by atoms with E-state index < -0.39 is 0 Å². The Labute approximate surface area is 68.0 Å². The number of aromatic hydroxyl groups is 1. The number of benzene rings is 1. The maximum atomic E-state index is 9.01. The Hall–Kier alpha value is -0.700. The van der Waals surface area contributed by atoms with Gasteiger partial charge in [0.15, 0.2) is 0 Å². The summed E-state index contributed by atoms with van der Waals surface area (Å²) in [7, 11) is 1.81. The SMILES string of the molecule is CNc1cc(O)ccc1Br. The van der Waals surface area contributed by atoms with Crippen molar-refractivity contribution in [1.82, 2.24) is 0 Å². The Morgan fingerprint density at radius 3 is 2.70 bits per heavy atom. The predicted octanol–water partition coefficient (Wildman–Crippen LogP) is 2.20. The molecule has 3 heteroatoms. The van der Waals surface area contributed by atoms with Crippen LogP contribution in [0.1, 0.15) is 0 Å². The summed E-state index contributed by atoms with van der Waals surface area (Å²) in [5.74, 6) is 0.271. The van der Waals surface area contributed by atoms with Crippen LogP contribution < -0.4 is 5.32 Å². The number of rotatable bonds is 1. The molecule has 2 N–H and O–H groups in total. The molecule has 1 rings (SSSR count). The minimum atomic E-state index is 0.271. The summed E-state index contributed by atoms with van der Waals surface area (Å²) >= 11 is 3.32. The topological polar surface area (TPSA) is 32.3 Å². The van der Waals surface area contributed by atoms with Crippen molar-refractivity contribution >= 4 is 21.6 Å². The second-order valence-electron chi connectivity index (χ2n) is 1.91. The number of hydrogen-bond acceptors (Lipinski definition) is 2. The van der Waals surface area contributed by atoms with Gasteiger partial charge < -0.3 is 10.4 Å². The van der Waals surface area contributed by atoms with Gasteiger partial charge in [-0.25, -0.2) is 0 Å². The van der Waals surface area contributed by atoms with Gasteiger partial charge in [0.05, 0.1) is 5.69 Å². The molecule has 0 spiro atoms. The average molecular weight is 202 g/mol. The van der Waals surface area contributed by atoms with E-state index in [1.54, 1.807) is 25.2 Å². The zero-order valence-electron chi connectivity index (χ0n) is 5.56. The highest BCUT2D eigenvalue weighted by Gasteiger charge is 1.96. The van der Waals surface area contributed by atoms with Crippen molar-refractivity contribution in [3.63, 3.8) is 0 Å². The highest BCUT2D eigenvalue weighted by Crippen LogP contribution is 2.25. The molecule has 0 bridgehead atoms. The zero-order chi connectivity index (χ0) is 7.56. The number of phenolic OH excluding ortho intramolecular Hbond substituents is 1. The van der Waals surface area contributed by atoms with Crippen molar-refractivity contribution in [3.05, 3.63) is 22.7 Å². The normalized spacial score (nSPS) is 9.40. The lowest BCUT2D eigenvalue weighted by atomic mass is 10.3. The van der Waals surface area contributed by atoms with E-state index in [0.717, 1.165) is 10.2 Å². The molecule has 0 amide bonds. The molecule has 0 unspecified atom stereocenters. The summed E-state index contributed by atoms with van der Waals surface area (Å²) in [6, 6.07) is 5.08. The molecule has 0 aliphatic heterocycles. The van der Waals surface area contributed by atoms with E-state index in [4.69, 9.17) is 5.11 Å². The van der Waals surface area contributed by atoms with Crippen LogP contribution in [-0.2, 0) is 0 Å². The summed E-state index contributed by atoms with van der Waals surface area (Å²) in [4.78, 5) is 0. The molecule has 0 saturated carbocycles. The summed E-state index contributed by atoms with van der Waals surface area (Å²) in [6.45, 7) is 0. The van der Waals surface area contributed by atoms with E-state index in [2.05, 4.69) is 21.2 Å². The third-order valence-electron chi connectivity index (χ3n) is 1.22. The summed E-state index contributed by atoms with van der Waals surface area (Å²) in [6.07, 6.45) is 0. The van der Waals surface area contributed by atoms with Gasteiger partial charge in [0.25, 0.3) is 0 Å². The first-order valence-electron chi connectivity index (χ1n) is 2.90. The quantitative estimate of drug-likeness (QED) is 0.731. The lowest BCUT2D eigenvalue weighted by Crippen LogP contribution is -1.87. The van der Waals surface area contributed by atoms with Crippen LogP contribution in [0.15, 0.2) is 22.7 Å². The summed E-state index contributed by atoms with van der Waals surface area (Å²) in [5.41, 5.74) is 0.889. The van der Waals surface area contributed by atoms with Crippen molar-refractivity contribution in [2.45, 2.75) is 0 Å². The number of hydrogen-bond donors (Lipinski definition) is 2. The third kappa shape index (κ3) is 1.42. The van der Waals surface area contributed by atoms with Crippen LogP contribution in [0.4, 0.5) is 5.69 Å². The molecule has 0 aliphatic carbocycles. The molecule has 0 atom stereocenters. The van der Waals surface area contributed by atoms with Crippen molar-refractivity contribution < 1.29 is 5.11 Å². The van der Waals surface area contributed by atoms with Gasteiger partial charge in [-0.2, -0.15) is 0 Å². The predicted molar refractivity (Wildman–Crippen MR) is 45.4 cm³/mol. The minimum Gasteiger partial charge on any atom is -0.508 e. The number of nitrogens with one attached hydrogen (secondary N) is 1. The molecule has 0 aliphatic rings. The van der Waals surface area contributed by atoms with Gasteiger partial charge in [0.1, 0.15) is 5.75 Å². The molecule has 0 heterocycles. The van der Waals surface area contributed by atoms with Crippen molar-refractivity contribution in [2.24, 2.45) is 0 Å². The molecule has 2 nitrogen and oxygen atoms in total. The van der Waals surface area contributed by atoms with Crippen LogP contribution in [0.25, 0.3) is 0 Å². The van der Waals surface area contributed by atoms with E-state index in [-0.39, 0.29) is 5.75 Å². The van der Waals surface area contributed by atoms with Gasteiger partial charge in [0, 0.05) is 17.6 Å².